The molecule has 5 rings (SSSR count). The Morgan fingerprint density at radius 1 is 0.848 bits per heavy atom. The average Bonchev–Trinajstić information content (AvgIpc) is 3.28. The lowest BCUT2D eigenvalue weighted by Crippen LogP contribution is -2.28. The van der Waals surface area contributed by atoms with Crippen molar-refractivity contribution >= 4 is 34.4 Å². The molecule has 8 heteroatoms. The monoisotopic (exact) mass is 454 g/mol. The summed E-state index contributed by atoms with van der Waals surface area (Å²) in [5, 5.41) is 5.42. The summed E-state index contributed by atoms with van der Waals surface area (Å²) in [4.78, 5) is 21.1. The molecule has 0 atom stereocenters. The highest BCUT2D eigenvalue weighted by Gasteiger charge is 2.19. The number of hydrogen-bond donors (Lipinski definition) is 2. The van der Waals surface area contributed by atoms with Gasteiger partial charge in [-0.25, -0.2) is 14.6 Å². The molecule has 3 aromatic carbocycles. The van der Waals surface area contributed by atoms with Gasteiger partial charge >= 0.3 is 0 Å². The molecule has 0 aliphatic rings. The van der Waals surface area contributed by atoms with Gasteiger partial charge in [0.05, 0.1) is 22.4 Å². The summed E-state index contributed by atoms with van der Waals surface area (Å²) in [7, 11) is 0. The zero-order valence-electron chi connectivity index (χ0n) is 17.7. The van der Waals surface area contributed by atoms with Gasteiger partial charge in [-0.05, 0) is 24.3 Å². The molecule has 162 valence electrons. The molecule has 2 N–H and O–H groups in total. The van der Waals surface area contributed by atoms with Gasteiger partial charge in [-0.3, -0.25) is 15.6 Å². The van der Waals surface area contributed by atoms with Crippen molar-refractivity contribution in [1.29, 1.82) is 0 Å². The molecule has 0 unspecified atom stereocenters. The van der Waals surface area contributed by atoms with Crippen LogP contribution in [0.3, 0.4) is 0 Å². The van der Waals surface area contributed by atoms with Crippen molar-refractivity contribution < 1.29 is 4.79 Å². The van der Waals surface area contributed by atoms with Crippen molar-refractivity contribution in [3.05, 3.63) is 90.0 Å². The van der Waals surface area contributed by atoms with Gasteiger partial charge in [-0.1, -0.05) is 72.3 Å². The molecule has 0 radical (unpaired) electrons. The number of hydrogen-bond acceptors (Lipinski definition) is 5. The highest BCUT2D eigenvalue weighted by molar-refractivity contribution is 6.31. The van der Waals surface area contributed by atoms with Gasteiger partial charge in [-0.15, -0.1) is 0 Å². The van der Waals surface area contributed by atoms with E-state index in [1.54, 1.807) is 22.9 Å². The molecular weight excluding hydrogens is 436 g/mol. The second-order valence-corrected chi connectivity index (χ2v) is 7.83. The smallest absolute Gasteiger partial charge is 0.235 e. The van der Waals surface area contributed by atoms with Crippen LogP contribution in [0.2, 0.25) is 5.02 Å². The maximum Gasteiger partial charge on any atom is 0.235 e. The SMILES string of the molecule is CC(=O)NNc1nc2cc(Cl)ccc2nc1-n1nc(-c2ccccc2)cc1-c1ccccc1. The highest BCUT2D eigenvalue weighted by Crippen LogP contribution is 2.31. The van der Waals surface area contributed by atoms with Crippen molar-refractivity contribution in [3.8, 4) is 28.3 Å². The number of nitrogens with zero attached hydrogens (tertiary/aromatic N) is 4. The molecule has 0 spiro atoms. The largest absolute Gasteiger partial charge is 0.279 e. The zero-order chi connectivity index (χ0) is 22.8. The number of benzene rings is 3. The van der Waals surface area contributed by atoms with Crippen molar-refractivity contribution in [2.24, 2.45) is 0 Å². The van der Waals surface area contributed by atoms with E-state index in [4.69, 9.17) is 21.7 Å². The first-order valence-electron chi connectivity index (χ1n) is 10.3. The number of rotatable bonds is 5. The molecule has 5 aromatic rings. The molecule has 0 aliphatic carbocycles. The standard InChI is InChI=1S/C25H19ClN6O/c1-16(33)29-30-24-25(28-20-13-12-19(26)14-22(20)27-24)32-23(18-10-6-3-7-11-18)15-21(31-32)17-8-4-2-5-9-17/h2-15H,1H3,(H,27,30)(H,29,33). The minimum Gasteiger partial charge on any atom is -0.279 e. The van der Waals surface area contributed by atoms with Crippen LogP contribution in [0.15, 0.2) is 84.9 Å². The fraction of sp³-hybridized carbons (Fsp3) is 0.0400. The second-order valence-electron chi connectivity index (χ2n) is 7.39. The minimum absolute atomic E-state index is 0.261. The van der Waals surface area contributed by atoms with Crippen LogP contribution in [0, 0.1) is 0 Å². The van der Waals surface area contributed by atoms with Crippen LogP contribution >= 0.6 is 11.6 Å². The average molecular weight is 455 g/mol. The molecule has 0 saturated heterocycles. The maximum absolute atomic E-state index is 11.6. The number of anilines is 1. The Hall–Kier alpha value is -4.23. The zero-order valence-corrected chi connectivity index (χ0v) is 18.4. The molecule has 33 heavy (non-hydrogen) atoms. The summed E-state index contributed by atoms with van der Waals surface area (Å²) >= 11 is 6.16. The first-order chi connectivity index (χ1) is 16.1. The number of carbonyl (C=O) groups is 1. The van der Waals surface area contributed by atoms with E-state index in [-0.39, 0.29) is 5.91 Å². The summed E-state index contributed by atoms with van der Waals surface area (Å²) in [6, 6.07) is 27.2. The van der Waals surface area contributed by atoms with E-state index in [9.17, 15) is 4.79 Å². The van der Waals surface area contributed by atoms with E-state index in [1.165, 1.54) is 6.92 Å². The summed E-state index contributed by atoms with van der Waals surface area (Å²) in [6.45, 7) is 1.41. The summed E-state index contributed by atoms with van der Waals surface area (Å²) in [6.07, 6.45) is 0. The first-order valence-corrected chi connectivity index (χ1v) is 10.7. The lowest BCUT2D eigenvalue weighted by Gasteiger charge is -2.14. The highest BCUT2D eigenvalue weighted by atomic mass is 35.5. The fourth-order valence-electron chi connectivity index (χ4n) is 3.50. The molecular formula is C25H19ClN6O. The van der Waals surface area contributed by atoms with Crippen LogP contribution in [0.25, 0.3) is 39.4 Å². The second kappa shape index (κ2) is 8.72. The van der Waals surface area contributed by atoms with Crippen LogP contribution in [-0.4, -0.2) is 25.7 Å². The predicted molar refractivity (Wildman–Crippen MR) is 130 cm³/mol. The number of hydrazine groups is 1. The van der Waals surface area contributed by atoms with E-state index in [2.05, 4.69) is 15.8 Å². The minimum atomic E-state index is -0.261. The maximum atomic E-state index is 11.6. The van der Waals surface area contributed by atoms with Crippen molar-refractivity contribution in [1.82, 2.24) is 25.2 Å². The number of carbonyl (C=O) groups excluding carboxylic acids is 1. The third kappa shape index (κ3) is 4.26. The lowest BCUT2D eigenvalue weighted by atomic mass is 10.1. The Kier molecular flexibility index (Phi) is 5.46. The van der Waals surface area contributed by atoms with Gasteiger partial charge in [0.15, 0.2) is 11.6 Å². The quantitative estimate of drug-likeness (QED) is 0.353. The molecule has 2 heterocycles. The molecule has 1 amide bonds. The van der Waals surface area contributed by atoms with Gasteiger partial charge in [-0.2, -0.15) is 5.10 Å². The lowest BCUT2D eigenvalue weighted by molar-refractivity contribution is -0.118. The molecule has 2 aromatic heterocycles. The molecule has 7 nitrogen and oxygen atoms in total. The van der Waals surface area contributed by atoms with Crippen molar-refractivity contribution in [2.75, 3.05) is 5.43 Å². The first kappa shape index (κ1) is 20.7. The van der Waals surface area contributed by atoms with E-state index < -0.39 is 0 Å². The fourth-order valence-corrected chi connectivity index (χ4v) is 3.67. The van der Waals surface area contributed by atoms with Gasteiger partial charge in [0, 0.05) is 23.1 Å². The van der Waals surface area contributed by atoms with E-state index in [1.807, 2.05) is 66.7 Å². The van der Waals surface area contributed by atoms with Crippen LogP contribution in [0.1, 0.15) is 6.92 Å². The number of halogens is 1. The van der Waals surface area contributed by atoms with E-state index in [0.29, 0.717) is 27.7 Å². The third-order valence-corrected chi connectivity index (χ3v) is 5.25. The van der Waals surface area contributed by atoms with Gasteiger partial charge in [0.25, 0.3) is 0 Å². The normalized spacial score (nSPS) is 10.8. The number of amides is 1. The van der Waals surface area contributed by atoms with Crippen LogP contribution in [-0.2, 0) is 4.79 Å². The molecule has 0 bridgehead atoms. The summed E-state index contributed by atoms with van der Waals surface area (Å²) < 4.78 is 1.74. The van der Waals surface area contributed by atoms with Gasteiger partial charge < -0.3 is 0 Å². The summed E-state index contributed by atoms with van der Waals surface area (Å²) in [5.41, 5.74) is 10.3. The topological polar surface area (TPSA) is 84.7 Å². The Morgan fingerprint density at radius 3 is 2.24 bits per heavy atom. The van der Waals surface area contributed by atoms with Crippen molar-refractivity contribution in [3.63, 3.8) is 0 Å². The summed E-state index contributed by atoms with van der Waals surface area (Å²) in [5.74, 6) is 0.530. The van der Waals surface area contributed by atoms with Crippen molar-refractivity contribution in [2.45, 2.75) is 6.92 Å². The Balaban J connectivity index is 1.75. The Bertz CT molecular complexity index is 1450. The Morgan fingerprint density at radius 2 is 1.55 bits per heavy atom. The number of nitrogens with one attached hydrogen (secondary N) is 2. The van der Waals surface area contributed by atoms with Gasteiger partial charge in [0.1, 0.15) is 0 Å². The molecule has 0 aliphatic heterocycles. The van der Waals surface area contributed by atoms with Gasteiger partial charge in [0.2, 0.25) is 5.91 Å². The van der Waals surface area contributed by atoms with Crippen LogP contribution < -0.4 is 10.9 Å². The number of aromatic nitrogens is 4. The number of fused-ring (bicyclic) bond motifs is 1. The molecule has 0 fully saturated rings. The van der Waals surface area contributed by atoms with E-state index in [0.717, 1.165) is 22.5 Å². The van der Waals surface area contributed by atoms with E-state index >= 15 is 0 Å². The van der Waals surface area contributed by atoms with Crippen LogP contribution in [0.4, 0.5) is 5.82 Å². The third-order valence-electron chi connectivity index (χ3n) is 5.01. The Labute approximate surface area is 195 Å². The van der Waals surface area contributed by atoms with Crippen LogP contribution in [0.5, 0.6) is 0 Å². The predicted octanol–water partition coefficient (Wildman–Crippen LogP) is 5.27. The molecule has 0 saturated carbocycles.